The number of halogens is 6. The highest BCUT2D eigenvalue weighted by Gasteiger charge is 2.45. The van der Waals surface area contributed by atoms with Crippen LogP contribution in [-0.2, 0) is 0 Å². The normalized spacial score (nSPS) is 19.9. The van der Waals surface area contributed by atoms with E-state index in [4.69, 9.17) is 28.1 Å². The van der Waals surface area contributed by atoms with Crippen molar-refractivity contribution in [2.75, 3.05) is 14.2 Å². The lowest BCUT2D eigenvalue weighted by Gasteiger charge is -2.27. The van der Waals surface area contributed by atoms with Gasteiger partial charge in [-0.3, -0.25) is 5.01 Å². The first-order valence-electron chi connectivity index (χ1n) is 5.67. The molecule has 0 N–H and O–H groups in total. The standard InChI is InChI=1S/C12H10Cl2F4N2O/c1-19-11(12(16,17)18)5-9(20(19)14)6-3-10(21-2)7(13)4-8(6)15/h3-5,9H,1-2H3. The maximum absolute atomic E-state index is 14.0. The molecule has 1 aliphatic rings. The molecular formula is C12H10Cl2F4N2O. The molecule has 0 bridgehead atoms. The van der Waals surface area contributed by atoms with Crippen LogP contribution in [0.15, 0.2) is 23.9 Å². The van der Waals surface area contributed by atoms with E-state index in [1.807, 2.05) is 0 Å². The van der Waals surface area contributed by atoms with E-state index in [0.717, 1.165) is 23.7 Å². The summed E-state index contributed by atoms with van der Waals surface area (Å²) < 4.78 is 58.2. The number of allylic oxidation sites excluding steroid dienone is 1. The van der Waals surface area contributed by atoms with Crippen molar-refractivity contribution in [2.45, 2.75) is 12.2 Å². The van der Waals surface area contributed by atoms with E-state index in [9.17, 15) is 17.6 Å². The molecule has 0 spiro atoms. The second kappa shape index (κ2) is 5.55. The van der Waals surface area contributed by atoms with Gasteiger partial charge in [0, 0.05) is 24.4 Å². The molecule has 0 saturated carbocycles. The van der Waals surface area contributed by atoms with Crippen LogP contribution in [-0.4, -0.2) is 29.9 Å². The molecule has 0 radical (unpaired) electrons. The fourth-order valence-electron chi connectivity index (χ4n) is 2.02. The van der Waals surface area contributed by atoms with Crippen molar-refractivity contribution in [3.63, 3.8) is 0 Å². The van der Waals surface area contributed by atoms with Crippen molar-refractivity contribution in [3.8, 4) is 5.75 Å². The van der Waals surface area contributed by atoms with Crippen molar-refractivity contribution in [1.29, 1.82) is 0 Å². The predicted molar refractivity (Wildman–Crippen MR) is 70.3 cm³/mol. The Morgan fingerprint density at radius 3 is 2.38 bits per heavy atom. The molecule has 0 aromatic heterocycles. The van der Waals surface area contributed by atoms with Crippen LogP contribution in [0.25, 0.3) is 0 Å². The van der Waals surface area contributed by atoms with E-state index in [2.05, 4.69) is 0 Å². The number of hydrogen-bond acceptors (Lipinski definition) is 3. The summed E-state index contributed by atoms with van der Waals surface area (Å²) in [5.74, 6) is -0.626. The van der Waals surface area contributed by atoms with Gasteiger partial charge in [0.15, 0.2) is 0 Å². The summed E-state index contributed by atoms with van der Waals surface area (Å²) in [5.41, 5.74) is -1.05. The van der Waals surface area contributed by atoms with Crippen LogP contribution in [0.2, 0.25) is 5.02 Å². The van der Waals surface area contributed by atoms with Crippen molar-refractivity contribution in [2.24, 2.45) is 0 Å². The largest absolute Gasteiger partial charge is 0.495 e. The summed E-state index contributed by atoms with van der Waals surface area (Å²) in [5, 5.41) is 0.721. The summed E-state index contributed by atoms with van der Waals surface area (Å²) in [6.45, 7) is 0. The Morgan fingerprint density at radius 2 is 1.90 bits per heavy atom. The van der Waals surface area contributed by atoms with Crippen LogP contribution in [0.5, 0.6) is 5.75 Å². The van der Waals surface area contributed by atoms with Crippen molar-refractivity contribution < 1.29 is 22.3 Å². The minimum atomic E-state index is -4.59. The number of hydrazine groups is 1. The van der Waals surface area contributed by atoms with Crippen LogP contribution < -0.4 is 4.74 Å². The van der Waals surface area contributed by atoms with Gasteiger partial charge in [-0.15, -0.1) is 4.53 Å². The second-order valence-corrected chi connectivity index (χ2v) is 5.07. The van der Waals surface area contributed by atoms with E-state index in [0.29, 0.717) is 5.01 Å². The van der Waals surface area contributed by atoms with Gasteiger partial charge in [0.1, 0.15) is 17.3 Å². The van der Waals surface area contributed by atoms with Crippen molar-refractivity contribution in [1.82, 2.24) is 9.54 Å². The van der Waals surface area contributed by atoms with E-state index in [1.165, 1.54) is 13.2 Å². The maximum Gasteiger partial charge on any atom is 0.432 e. The van der Waals surface area contributed by atoms with Crippen LogP contribution in [0.4, 0.5) is 17.6 Å². The fraction of sp³-hybridized carbons (Fsp3) is 0.333. The van der Waals surface area contributed by atoms with Gasteiger partial charge >= 0.3 is 6.18 Å². The predicted octanol–water partition coefficient (Wildman–Crippen LogP) is 4.29. The second-order valence-electron chi connectivity index (χ2n) is 4.32. The van der Waals surface area contributed by atoms with Crippen molar-refractivity contribution in [3.05, 3.63) is 40.3 Å². The average Bonchev–Trinajstić information content (AvgIpc) is 2.67. The molecule has 1 heterocycles. The lowest BCUT2D eigenvalue weighted by atomic mass is 10.1. The molecule has 0 aliphatic carbocycles. The first-order chi connectivity index (χ1) is 9.66. The van der Waals surface area contributed by atoms with Gasteiger partial charge in [0.05, 0.1) is 18.2 Å². The summed E-state index contributed by atoms with van der Waals surface area (Å²) in [7, 11) is 2.45. The Balaban J connectivity index is 2.50. The Labute approximate surface area is 128 Å². The zero-order chi connectivity index (χ0) is 15.9. The molecule has 9 heteroatoms. The molecular weight excluding hydrogens is 335 g/mol. The maximum atomic E-state index is 14.0. The van der Waals surface area contributed by atoms with Crippen molar-refractivity contribution >= 4 is 23.4 Å². The lowest BCUT2D eigenvalue weighted by Crippen LogP contribution is -2.33. The minimum absolute atomic E-state index is 0.0197. The monoisotopic (exact) mass is 344 g/mol. The van der Waals surface area contributed by atoms with Crippen LogP contribution in [0, 0.1) is 5.82 Å². The summed E-state index contributed by atoms with van der Waals surface area (Å²) >= 11 is 11.6. The van der Waals surface area contributed by atoms with Gasteiger partial charge in [-0.2, -0.15) is 13.2 Å². The molecule has 1 aliphatic heterocycles. The van der Waals surface area contributed by atoms with Gasteiger partial charge in [0.25, 0.3) is 0 Å². The number of nitrogens with zero attached hydrogens (tertiary/aromatic N) is 2. The first-order valence-corrected chi connectivity index (χ1v) is 6.39. The highest BCUT2D eigenvalue weighted by molar-refractivity contribution is 6.32. The Bertz CT molecular complexity index is 591. The highest BCUT2D eigenvalue weighted by atomic mass is 35.5. The number of ether oxygens (including phenoxy) is 1. The summed E-state index contributed by atoms with van der Waals surface area (Å²) in [4.78, 5) is 0. The molecule has 21 heavy (non-hydrogen) atoms. The molecule has 3 nitrogen and oxygen atoms in total. The average molecular weight is 345 g/mol. The molecule has 116 valence electrons. The van der Waals surface area contributed by atoms with Crippen LogP contribution in [0.3, 0.4) is 0 Å². The zero-order valence-corrected chi connectivity index (χ0v) is 12.4. The minimum Gasteiger partial charge on any atom is -0.495 e. The molecule has 0 fully saturated rings. The number of rotatable bonds is 2. The molecule has 1 atom stereocenters. The van der Waals surface area contributed by atoms with E-state index >= 15 is 0 Å². The smallest absolute Gasteiger partial charge is 0.432 e. The molecule has 1 unspecified atom stereocenters. The third-order valence-corrected chi connectivity index (χ3v) is 3.79. The number of methoxy groups -OCH3 is 1. The SMILES string of the molecule is COc1cc(C2C=C(C(F)(F)F)N(C)N2Cl)c(F)cc1Cl. The van der Waals surface area contributed by atoms with Gasteiger partial charge in [-0.1, -0.05) is 11.6 Å². The van der Waals surface area contributed by atoms with Gasteiger partial charge < -0.3 is 4.74 Å². The third kappa shape index (κ3) is 2.90. The molecule has 2 rings (SSSR count). The number of benzene rings is 1. The molecule has 1 aromatic carbocycles. The third-order valence-electron chi connectivity index (χ3n) is 3.06. The molecule has 0 amide bonds. The first kappa shape index (κ1) is 16.2. The van der Waals surface area contributed by atoms with Crippen LogP contribution in [0.1, 0.15) is 11.6 Å². The Morgan fingerprint density at radius 1 is 1.29 bits per heavy atom. The van der Waals surface area contributed by atoms with E-state index in [1.54, 1.807) is 0 Å². The topological polar surface area (TPSA) is 15.7 Å². The zero-order valence-electron chi connectivity index (χ0n) is 10.9. The van der Waals surface area contributed by atoms with Crippen LogP contribution >= 0.6 is 23.4 Å². The Hall–Kier alpha value is -1.18. The van der Waals surface area contributed by atoms with Gasteiger partial charge in [-0.25, -0.2) is 4.39 Å². The summed E-state index contributed by atoms with van der Waals surface area (Å²) in [6, 6.07) is 1.07. The van der Waals surface area contributed by atoms with E-state index < -0.39 is 23.7 Å². The summed E-state index contributed by atoms with van der Waals surface area (Å²) in [6.07, 6.45) is -3.76. The molecule has 1 aromatic rings. The van der Waals surface area contributed by atoms with E-state index in [-0.39, 0.29) is 16.3 Å². The lowest BCUT2D eigenvalue weighted by molar-refractivity contribution is -0.118. The molecule has 0 saturated heterocycles. The quantitative estimate of drug-likeness (QED) is 0.588. The van der Waals surface area contributed by atoms with Gasteiger partial charge in [-0.05, 0) is 18.2 Å². The number of alkyl halides is 3. The number of hydrogen-bond donors (Lipinski definition) is 0. The Kier molecular flexibility index (Phi) is 4.28. The van der Waals surface area contributed by atoms with Gasteiger partial charge in [0.2, 0.25) is 0 Å². The fourth-order valence-corrected chi connectivity index (χ4v) is 2.49. The highest BCUT2D eigenvalue weighted by Crippen LogP contribution is 2.43.